The number of rotatable bonds is 0. The zero-order chi connectivity index (χ0) is 12.0. The van der Waals surface area contributed by atoms with Gasteiger partial charge in [-0.3, -0.25) is 4.98 Å². The van der Waals surface area contributed by atoms with Gasteiger partial charge in [-0.15, -0.1) is 0 Å². The highest BCUT2D eigenvalue weighted by atomic mass is 14.8. The number of nitrogens with one attached hydrogen (secondary N) is 1. The molecule has 0 radical (unpaired) electrons. The molecule has 0 atom stereocenters. The van der Waals surface area contributed by atoms with Gasteiger partial charge in [0, 0.05) is 26.6 Å². The highest BCUT2D eigenvalue weighted by Gasteiger charge is 2.04. The van der Waals surface area contributed by atoms with Crippen LogP contribution in [0.15, 0.2) is 36.5 Å². The van der Waals surface area contributed by atoms with Crippen LogP contribution in [0.2, 0.25) is 0 Å². The van der Waals surface area contributed by atoms with E-state index in [1.54, 1.807) is 6.20 Å². The van der Waals surface area contributed by atoms with E-state index in [1.807, 2.05) is 30.3 Å². The Morgan fingerprint density at radius 1 is 1.21 bits per heavy atom. The number of nitrogens with zero attached hydrogens (tertiary/aromatic N) is 1. The van der Waals surface area contributed by atoms with E-state index in [0.29, 0.717) is 5.52 Å². The Balaban J connectivity index is 2.48. The van der Waals surface area contributed by atoms with Crippen molar-refractivity contribution in [2.45, 2.75) is 6.85 Å². The van der Waals surface area contributed by atoms with E-state index in [9.17, 15) is 0 Å². The first-order valence-corrected chi connectivity index (χ1v) is 4.43. The van der Waals surface area contributed by atoms with Crippen molar-refractivity contribution in [1.82, 2.24) is 9.97 Å². The van der Waals surface area contributed by atoms with Crippen LogP contribution in [0.1, 0.15) is 9.81 Å². The molecule has 1 N–H and O–H groups in total. The van der Waals surface area contributed by atoms with E-state index >= 15 is 0 Å². The number of para-hydroxylation sites is 1. The first kappa shape index (κ1) is 5.15. The van der Waals surface area contributed by atoms with Gasteiger partial charge in [-0.2, -0.15) is 0 Å². The summed E-state index contributed by atoms with van der Waals surface area (Å²) in [6.07, 6.45) is 1.55. The van der Waals surface area contributed by atoms with Gasteiger partial charge < -0.3 is 4.98 Å². The molecule has 0 unspecified atom stereocenters. The van der Waals surface area contributed by atoms with Gasteiger partial charge >= 0.3 is 0 Å². The summed E-state index contributed by atoms with van der Waals surface area (Å²) in [7, 11) is 0. The van der Waals surface area contributed by atoms with Crippen LogP contribution >= 0.6 is 0 Å². The molecule has 68 valence electrons. The van der Waals surface area contributed by atoms with Crippen molar-refractivity contribution in [2.75, 3.05) is 0 Å². The minimum absolute atomic E-state index is 0.131. The average Bonchev–Trinajstić information content (AvgIpc) is 2.65. The van der Waals surface area contributed by atoms with Gasteiger partial charge in [0.2, 0.25) is 0 Å². The van der Waals surface area contributed by atoms with E-state index in [0.717, 1.165) is 16.3 Å². The monoisotopic (exact) mass is 185 g/mol. The molecule has 3 rings (SSSR count). The number of aryl methyl sites for hydroxylation is 1. The molecule has 0 bridgehead atoms. The smallest absolute Gasteiger partial charge is 0.0681 e. The Morgan fingerprint density at radius 3 is 3.07 bits per heavy atom. The molecule has 14 heavy (non-hydrogen) atoms. The summed E-state index contributed by atoms with van der Waals surface area (Å²) in [6, 6.07) is 9.59. The zero-order valence-electron chi connectivity index (χ0n) is 10.4. The van der Waals surface area contributed by atoms with Crippen LogP contribution in [-0.2, 0) is 0 Å². The number of benzene rings is 1. The van der Waals surface area contributed by atoms with Crippen molar-refractivity contribution in [3.63, 3.8) is 0 Å². The molecule has 0 aliphatic rings. The molecule has 0 amide bonds. The SMILES string of the molecule is [2H]C([2H])([2H])c1nccc2c1[nH]c1ccccc12. The van der Waals surface area contributed by atoms with E-state index in [2.05, 4.69) is 9.97 Å². The summed E-state index contributed by atoms with van der Waals surface area (Å²) < 4.78 is 22.4. The molecular formula is C12H10N2. The molecule has 2 aromatic heterocycles. The van der Waals surface area contributed by atoms with Crippen LogP contribution in [0.25, 0.3) is 21.8 Å². The summed E-state index contributed by atoms with van der Waals surface area (Å²) in [5.74, 6) is 0. The number of hydrogen-bond donors (Lipinski definition) is 1. The van der Waals surface area contributed by atoms with Crippen LogP contribution in [0.3, 0.4) is 0 Å². The normalized spacial score (nSPS) is 15.3. The fourth-order valence-corrected chi connectivity index (χ4v) is 1.77. The second kappa shape index (κ2) is 2.58. The van der Waals surface area contributed by atoms with Crippen LogP contribution in [0.4, 0.5) is 0 Å². The summed E-state index contributed by atoms with van der Waals surface area (Å²) >= 11 is 0. The lowest BCUT2D eigenvalue weighted by atomic mass is 10.2. The molecule has 0 saturated heterocycles. The molecule has 2 nitrogen and oxygen atoms in total. The summed E-state index contributed by atoms with van der Waals surface area (Å²) in [5, 5.41) is 1.93. The highest BCUT2D eigenvalue weighted by Crippen LogP contribution is 2.25. The maximum absolute atomic E-state index is 7.48. The zero-order valence-corrected chi connectivity index (χ0v) is 7.41. The third-order valence-electron chi connectivity index (χ3n) is 2.43. The Hall–Kier alpha value is -1.83. The molecule has 0 saturated carbocycles. The Labute approximate surface area is 85.8 Å². The molecule has 0 aliphatic heterocycles. The molecule has 2 heteroatoms. The van der Waals surface area contributed by atoms with E-state index in [4.69, 9.17) is 4.11 Å². The van der Waals surface area contributed by atoms with Gasteiger partial charge in [0.05, 0.1) is 11.2 Å². The largest absolute Gasteiger partial charge is 0.353 e. The van der Waals surface area contributed by atoms with Crippen molar-refractivity contribution in [3.05, 3.63) is 42.2 Å². The molecule has 0 aliphatic carbocycles. The lowest BCUT2D eigenvalue weighted by molar-refractivity contribution is 1.22. The maximum Gasteiger partial charge on any atom is 0.0681 e. The van der Waals surface area contributed by atoms with E-state index in [1.165, 1.54) is 0 Å². The quantitative estimate of drug-likeness (QED) is 0.573. The second-order valence-corrected chi connectivity index (χ2v) is 3.25. The second-order valence-electron chi connectivity index (χ2n) is 3.25. The third-order valence-corrected chi connectivity index (χ3v) is 2.43. The average molecular weight is 185 g/mol. The van der Waals surface area contributed by atoms with Gasteiger partial charge in [-0.1, -0.05) is 18.2 Å². The Kier molecular flexibility index (Phi) is 0.948. The lowest BCUT2D eigenvalue weighted by Crippen LogP contribution is -1.79. The van der Waals surface area contributed by atoms with Gasteiger partial charge in [0.25, 0.3) is 0 Å². The van der Waals surface area contributed by atoms with Crippen LogP contribution in [0.5, 0.6) is 0 Å². The first-order valence-electron chi connectivity index (χ1n) is 5.93. The predicted molar refractivity (Wildman–Crippen MR) is 58.3 cm³/mol. The van der Waals surface area contributed by atoms with Gasteiger partial charge in [0.15, 0.2) is 0 Å². The van der Waals surface area contributed by atoms with Crippen LogP contribution in [0, 0.1) is 6.85 Å². The molecule has 3 aromatic rings. The summed E-state index contributed by atoms with van der Waals surface area (Å²) in [5.41, 5.74) is 1.67. The number of H-pyrrole nitrogens is 1. The third kappa shape index (κ3) is 0.880. The van der Waals surface area contributed by atoms with Crippen LogP contribution in [-0.4, -0.2) is 9.97 Å². The highest BCUT2D eigenvalue weighted by molar-refractivity contribution is 6.07. The van der Waals surface area contributed by atoms with E-state index < -0.39 is 6.85 Å². The first-order chi connectivity index (χ1) is 8.07. The number of hydrogen-bond acceptors (Lipinski definition) is 1. The lowest BCUT2D eigenvalue weighted by Gasteiger charge is -1.92. The molecule has 2 heterocycles. The number of aromatic nitrogens is 2. The van der Waals surface area contributed by atoms with Crippen molar-refractivity contribution in [2.24, 2.45) is 0 Å². The van der Waals surface area contributed by atoms with Crippen LogP contribution < -0.4 is 0 Å². The number of aromatic amines is 1. The fourth-order valence-electron chi connectivity index (χ4n) is 1.77. The standard InChI is InChI=1S/C12H10N2/c1-8-12-10(6-7-13-8)9-4-2-3-5-11(9)14-12/h2-7,14H,1H3/i1D3. The van der Waals surface area contributed by atoms with E-state index in [-0.39, 0.29) is 5.69 Å². The number of pyridine rings is 1. The van der Waals surface area contributed by atoms with Crippen molar-refractivity contribution < 1.29 is 4.11 Å². The maximum atomic E-state index is 7.48. The molecule has 0 spiro atoms. The summed E-state index contributed by atoms with van der Waals surface area (Å²) in [6.45, 7) is -2.19. The number of fused-ring (bicyclic) bond motifs is 3. The molecule has 1 aromatic carbocycles. The van der Waals surface area contributed by atoms with Crippen molar-refractivity contribution in [1.29, 1.82) is 0 Å². The summed E-state index contributed by atoms with van der Waals surface area (Å²) in [4.78, 5) is 7.11. The van der Waals surface area contributed by atoms with Gasteiger partial charge in [0.1, 0.15) is 0 Å². The van der Waals surface area contributed by atoms with Crippen molar-refractivity contribution in [3.8, 4) is 0 Å². The topological polar surface area (TPSA) is 28.7 Å². The van der Waals surface area contributed by atoms with Crippen molar-refractivity contribution >= 4 is 21.8 Å². The molecular weight excluding hydrogens is 172 g/mol. The minimum Gasteiger partial charge on any atom is -0.353 e. The Bertz CT molecular complexity index is 698. The minimum atomic E-state index is -2.19. The Morgan fingerprint density at radius 2 is 2.14 bits per heavy atom. The molecule has 0 fully saturated rings. The van der Waals surface area contributed by atoms with Gasteiger partial charge in [-0.05, 0) is 19.0 Å². The van der Waals surface area contributed by atoms with Gasteiger partial charge in [-0.25, -0.2) is 0 Å². The predicted octanol–water partition coefficient (Wildman–Crippen LogP) is 3.02. The fraction of sp³-hybridized carbons (Fsp3) is 0.0833.